The smallest absolute Gasteiger partial charge is 0.313 e. The summed E-state index contributed by atoms with van der Waals surface area (Å²) >= 11 is 0. The molecule has 3 nitrogen and oxygen atoms in total. The number of rotatable bonds is 4. The number of aliphatic carboxylic acids is 1. The molecule has 17 heavy (non-hydrogen) atoms. The van der Waals surface area contributed by atoms with E-state index in [1.165, 1.54) is 0 Å². The standard InChI is InChI=1S/C11H9F3O3/c1-5(11(16)17)10(15)3-6-2-8(13)9(14)4-7(6)12/h2,4-5H,3H2,1H3,(H,16,17). The summed E-state index contributed by atoms with van der Waals surface area (Å²) in [6.07, 6.45) is -0.587. The third-order valence-electron chi connectivity index (χ3n) is 2.31. The minimum atomic E-state index is -1.36. The van der Waals surface area contributed by atoms with E-state index in [1.807, 2.05) is 0 Å². The summed E-state index contributed by atoms with van der Waals surface area (Å²) in [5, 5.41) is 8.55. The first-order chi connectivity index (χ1) is 7.82. The van der Waals surface area contributed by atoms with Crippen LogP contribution in [-0.2, 0) is 16.0 Å². The molecule has 0 radical (unpaired) electrons. The van der Waals surface area contributed by atoms with Gasteiger partial charge in [-0.15, -0.1) is 0 Å². The number of carboxylic acids is 1. The van der Waals surface area contributed by atoms with Crippen LogP contribution in [0.4, 0.5) is 13.2 Å². The van der Waals surface area contributed by atoms with Gasteiger partial charge in [-0.1, -0.05) is 0 Å². The van der Waals surface area contributed by atoms with Crippen molar-refractivity contribution in [3.63, 3.8) is 0 Å². The molecule has 0 heterocycles. The van der Waals surface area contributed by atoms with Crippen molar-refractivity contribution < 1.29 is 27.9 Å². The molecule has 0 aliphatic carbocycles. The number of carbonyl (C=O) groups excluding carboxylic acids is 1. The number of ketones is 1. The van der Waals surface area contributed by atoms with E-state index in [4.69, 9.17) is 5.11 Å². The third-order valence-corrected chi connectivity index (χ3v) is 2.31. The van der Waals surface area contributed by atoms with Crippen LogP contribution in [0.25, 0.3) is 0 Å². The normalized spacial score (nSPS) is 12.2. The summed E-state index contributed by atoms with van der Waals surface area (Å²) in [5.74, 6) is -7.15. The lowest BCUT2D eigenvalue weighted by Gasteiger charge is -2.06. The lowest BCUT2D eigenvalue weighted by molar-refractivity contribution is -0.145. The average molecular weight is 246 g/mol. The Morgan fingerprint density at radius 1 is 1.18 bits per heavy atom. The molecule has 0 saturated heterocycles. The summed E-state index contributed by atoms with van der Waals surface area (Å²) in [6, 6.07) is 0.876. The van der Waals surface area contributed by atoms with Gasteiger partial charge in [-0.2, -0.15) is 0 Å². The van der Waals surface area contributed by atoms with Gasteiger partial charge in [-0.05, 0) is 18.6 Å². The molecule has 1 N–H and O–H groups in total. The van der Waals surface area contributed by atoms with Gasteiger partial charge in [0.2, 0.25) is 0 Å². The molecule has 1 aromatic carbocycles. The van der Waals surface area contributed by atoms with Crippen molar-refractivity contribution in [3.05, 3.63) is 35.1 Å². The van der Waals surface area contributed by atoms with Crippen molar-refractivity contribution in [2.45, 2.75) is 13.3 Å². The fraction of sp³-hybridized carbons (Fsp3) is 0.273. The lowest BCUT2D eigenvalue weighted by Crippen LogP contribution is -2.22. The molecule has 1 aromatic rings. The predicted molar refractivity (Wildman–Crippen MR) is 51.8 cm³/mol. The summed E-state index contributed by atoms with van der Waals surface area (Å²) in [4.78, 5) is 21.8. The first kappa shape index (κ1) is 13.2. The van der Waals surface area contributed by atoms with Gasteiger partial charge in [0.05, 0.1) is 0 Å². The van der Waals surface area contributed by atoms with Crippen LogP contribution < -0.4 is 0 Å². The van der Waals surface area contributed by atoms with Crippen molar-refractivity contribution in [1.29, 1.82) is 0 Å². The zero-order valence-electron chi connectivity index (χ0n) is 8.84. The summed E-state index contributed by atoms with van der Waals surface area (Å²) in [6.45, 7) is 1.14. The highest BCUT2D eigenvalue weighted by atomic mass is 19.2. The highest BCUT2D eigenvalue weighted by Crippen LogP contribution is 2.15. The molecule has 6 heteroatoms. The molecular formula is C11H9F3O3. The van der Waals surface area contributed by atoms with E-state index in [-0.39, 0.29) is 5.56 Å². The minimum Gasteiger partial charge on any atom is -0.481 e. The van der Waals surface area contributed by atoms with Crippen molar-refractivity contribution in [3.8, 4) is 0 Å². The Balaban J connectivity index is 2.93. The molecule has 1 unspecified atom stereocenters. The van der Waals surface area contributed by atoms with Crippen LogP contribution in [0.15, 0.2) is 12.1 Å². The average Bonchev–Trinajstić information content (AvgIpc) is 2.24. The molecule has 0 saturated carbocycles. The second kappa shape index (κ2) is 4.99. The van der Waals surface area contributed by atoms with E-state index in [9.17, 15) is 22.8 Å². The van der Waals surface area contributed by atoms with Gasteiger partial charge in [-0.3, -0.25) is 9.59 Å². The molecule has 1 rings (SSSR count). The topological polar surface area (TPSA) is 54.4 Å². The lowest BCUT2D eigenvalue weighted by atomic mass is 9.99. The van der Waals surface area contributed by atoms with E-state index >= 15 is 0 Å². The van der Waals surface area contributed by atoms with Gasteiger partial charge < -0.3 is 5.11 Å². The first-order valence-electron chi connectivity index (χ1n) is 4.72. The van der Waals surface area contributed by atoms with Crippen LogP contribution in [0.5, 0.6) is 0 Å². The van der Waals surface area contributed by atoms with E-state index in [0.29, 0.717) is 12.1 Å². The Kier molecular flexibility index (Phi) is 3.88. The molecule has 0 bridgehead atoms. The van der Waals surface area contributed by atoms with Crippen LogP contribution >= 0.6 is 0 Å². The maximum absolute atomic E-state index is 13.1. The van der Waals surface area contributed by atoms with Gasteiger partial charge in [0.25, 0.3) is 0 Å². The van der Waals surface area contributed by atoms with Crippen molar-refractivity contribution >= 4 is 11.8 Å². The van der Waals surface area contributed by atoms with E-state index in [1.54, 1.807) is 0 Å². The van der Waals surface area contributed by atoms with Crippen molar-refractivity contribution in [2.75, 3.05) is 0 Å². The zero-order valence-corrected chi connectivity index (χ0v) is 8.84. The summed E-state index contributed by atoms with van der Waals surface area (Å²) in [5.41, 5.74) is -0.359. The molecule has 0 amide bonds. The van der Waals surface area contributed by atoms with E-state index in [0.717, 1.165) is 6.92 Å². The highest BCUT2D eigenvalue weighted by molar-refractivity contribution is 5.98. The molecule has 0 aliphatic heterocycles. The number of halogens is 3. The minimum absolute atomic E-state index is 0.323. The second-order valence-electron chi connectivity index (χ2n) is 3.56. The van der Waals surface area contributed by atoms with Crippen LogP contribution in [0, 0.1) is 23.4 Å². The van der Waals surface area contributed by atoms with Crippen molar-refractivity contribution in [2.24, 2.45) is 5.92 Å². The monoisotopic (exact) mass is 246 g/mol. The highest BCUT2D eigenvalue weighted by Gasteiger charge is 2.22. The maximum Gasteiger partial charge on any atom is 0.313 e. The number of benzene rings is 1. The molecule has 0 aliphatic rings. The Labute approximate surface area is 94.9 Å². The Morgan fingerprint density at radius 2 is 1.71 bits per heavy atom. The summed E-state index contributed by atoms with van der Waals surface area (Å²) in [7, 11) is 0. The van der Waals surface area contributed by atoms with Crippen LogP contribution in [-0.4, -0.2) is 16.9 Å². The maximum atomic E-state index is 13.1. The fourth-order valence-electron chi connectivity index (χ4n) is 1.18. The Bertz CT molecular complexity index is 471. The predicted octanol–water partition coefficient (Wildman–Crippen LogP) is 1.94. The number of hydrogen-bond donors (Lipinski definition) is 1. The van der Waals surface area contributed by atoms with Gasteiger partial charge in [0.15, 0.2) is 17.4 Å². The molecule has 0 fully saturated rings. The molecule has 92 valence electrons. The van der Waals surface area contributed by atoms with E-state index < -0.39 is 41.5 Å². The Hall–Kier alpha value is -1.85. The third kappa shape index (κ3) is 3.05. The van der Waals surface area contributed by atoms with Gasteiger partial charge >= 0.3 is 5.97 Å². The van der Waals surface area contributed by atoms with Gasteiger partial charge in [-0.25, -0.2) is 13.2 Å². The SMILES string of the molecule is CC(C(=O)O)C(=O)Cc1cc(F)c(F)cc1F. The van der Waals surface area contributed by atoms with Crippen LogP contribution in [0.2, 0.25) is 0 Å². The second-order valence-corrected chi connectivity index (χ2v) is 3.56. The van der Waals surface area contributed by atoms with E-state index in [2.05, 4.69) is 0 Å². The molecular weight excluding hydrogens is 237 g/mol. The van der Waals surface area contributed by atoms with Crippen LogP contribution in [0.3, 0.4) is 0 Å². The van der Waals surface area contributed by atoms with Crippen LogP contribution in [0.1, 0.15) is 12.5 Å². The first-order valence-corrected chi connectivity index (χ1v) is 4.72. The number of carboxylic acid groups (broad SMARTS) is 1. The molecule has 1 atom stereocenters. The van der Waals surface area contributed by atoms with Gasteiger partial charge in [0, 0.05) is 12.5 Å². The van der Waals surface area contributed by atoms with Gasteiger partial charge in [0.1, 0.15) is 11.7 Å². The number of hydrogen-bond acceptors (Lipinski definition) is 2. The molecule has 0 aromatic heterocycles. The zero-order chi connectivity index (χ0) is 13.2. The quantitative estimate of drug-likeness (QED) is 0.652. The Morgan fingerprint density at radius 3 is 2.24 bits per heavy atom. The van der Waals surface area contributed by atoms with Crippen molar-refractivity contribution in [1.82, 2.24) is 0 Å². The number of carbonyl (C=O) groups is 2. The molecule has 0 spiro atoms. The largest absolute Gasteiger partial charge is 0.481 e. The summed E-state index contributed by atoms with van der Waals surface area (Å²) < 4.78 is 38.5. The fourth-order valence-corrected chi connectivity index (χ4v) is 1.18. The number of Topliss-reactive ketones (excluding diaryl/α,β-unsaturated/α-hetero) is 1.